The molecular weight excluding hydrogens is 462 g/mol. The van der Waals surface area contributed by atoms with E-state index in [2.05, 4.69) is 38.4 Å². The van der Waals surface area contributed by atoms with Crippen molar-refractivity contribution in [3.8, 4) is 0 Å². The number of hydrogen-bond acceptors (Lipinski definition) is 4. The number of hydrogen-bond donors (Lipinski definition) is 2. The number of piperidine rings is 1. The minimum atomic E-state index is -0.142. The number of anilines is 2. The molecule has 0 saturated carbocycles. The highest BCUT2D eigenvalue weighted by atomic mass is 79.9. The number of thiophene rings is 1. The van der Waals surface area contributed by atoms with E-state index in [-0.39, 0.29) is 11.8 Å². The van der Waals surface area contributed by atoms with Crippen LogP contribution >= 0.6 is 27.3 Å². The van der Waals surface area contributed by atoms with Gasteiger partial charge in [0, 0.05) is 28.0 Å². The number of halogens is 1. The molecule has 1 aromatic carbocycles. The van der Waals surface area contributed by atoms with Crippen molar-refractivity contribution in [1.82, 2.24) is 4.90 Å². The largest absolute Gasteiger partial charge is 0.322 e. The first-order valence-electron chi connectivity index (χ1n) is 10.7. The van der Waals surface area contributed by atoms with Crippen LogP contribution in [0.1, 0.15) is 53.4 Å². The zero-order valence-electron chi connectivity index (χ0n) is 17.3. The molecule has 2 heterocycles. The average molecular weight is 490 g/mol. The van der Waals surface area contributed by atoms with E-state index < -0.39 is 0 Å². The Labute approximate surface area is 190 Å². The molecule has 5 nitrogen and oxygen atoms in total. The summed E-state index contributed by atoms with van der Waals surface area (Å²) in [6.07, 6.45) is 5.84. The van der Waals surface area contributed by atoms with E-state index >= 15 is 0 Å². The molecule has 160 valence electrons. The van der Waals surface area contributed by atoms with Gasteiger partial charge >= 0.3 is 0 Å². The molecular formula is C23H28BrN3O2S. The van der Waals surface area contributed by atoms with Gasteiger partial charge in [0.1, 0.15) is 5.00 Å². The highest BCUT2D eigenvalue weighted by Gasteiger charge is 2.27. The third-order valence-electron chi connectivity index (χ3n) is 6.03. The fourth-order valence-corrected chi connectivity index (χ4v) is 5.76. The molecule has 1 fully saturated rings. The summed E-state index contributed by atoms with van der Waals surface area (Å²) in [4.78, 5) is 29.3. The van der Waals surface area contributed by atoms with Gasteiger partial charge in [-0.1, -0.05) is 22.9 Å². The fourth-order valence-electron chi connectivity index (χ4n) is 4.19. The highest BCUT2D eigenvalue weighted by Crippen LogP contribution is 2.39. The van der Waals surface area contributed by atoms with Crippen molar-refractivity contribution >= 4 is 49.8 Å². The number of nitrogens with one attached hydrogen (secondary N) is 2. The van der Waals surface area contributed by atoms with Crippen LogP contribution in [0.2, 0.25) is 0 Å². The summed E-state index contributed by atoms with van der Waals surface area (Å²) >= 11 is 4.98. The van der Waals surface area contributed by atoms with E-state index in [0.29, 0.717) is 17.0 Å². The topological polar surface area (TPSA) is 61.4 Å². The van der Waals surface area contributed by atoms with Crippen LogP contribution in [-0.2, 0) is 17.6 Å². The Bertz CT molecular complexity index is 917. The Hall–Kier alpha value is -1.70. The van der Waals surface area contributed by atoms with Gasteiger partial charge in [0.15, 0.2) is 0 Å². The van der Waals surface area contributed by atoms with Crippen LogP contribution < -0.4 is 10.6 Å². The molecule has 0 spiro atoms. The number of benzene rings is 1. The lowest BCUT2D eigenvalue weighted by Gasteiger charge is -2.29. The molecule has 1 aromatic heterocycles. The summed E-state index contributed by atoms with van der Waals surface area (Å²) in [7, 11) is 0. The predicted molar refractivity (Wildman–Crippen MR) is 127 cm³/mol. The molecule has 2 aliphatic rings. The maximum absolute atomic E-state index is 13.1. The van der Waals surface area contributed by atoms with Crippen molar-refractivity contribution in [1.29, 1.82) is 0 Å². The second kappa shape index (κ2) is 9.62. The van der Waals surface area contributed by atoms with Gasteiger partial charge in [-0.2, -0.15) is 0 Å². The maximum Gasteiger partial charge on any atom is 0.258 e. The predicted octanol–water partition coefficient (Wildman–Crippen LogP) is 5.31. The Morgan fingerprint density at radius 1 is 1.13 bits per heavy atom. The first-order chi connectivity index (χ1) is 14.5. The van der Waals surface area contributed by atoms with Gasteiger partial charge in [-0.05, 0) is 80.9 Å². The zero-order chi connectivity index (χ0) is 21.1. The Balaban J connectivity index is 1.42. The van der Waals surface area contributed by atoms with E-state index in [4.69, 9.17) is 0 Å². The van der Waals surface area contributed by atoms with E-state index in [9.17, 15) is 9.59 Å². The lowest BCUT2D eigenvalue weighted by Crippen LogP contribution is -2.35. The normalized spacial score (nSPS) is 17.0. The Kier molecular flexibility index (Phi) is 6.91. The zero-order valence-corrected chi connectivity index (χ0v) is 19.7. The van der Waals surface area contributed by atoms with E-state index in [1.807, 2.05) is 24.3 Å². The van der Waals surface area contributed by atoms with E-state index in [0.717, 1.165) is 60.5 Å². The van der Waals surface area contributed by atoms with Gasteiger partial charge in [-0.15, -0.1) is 11.3 Å². The van der Waals surface area contributed by atoms with Crippen LogP contribution in [0.25, 0.3) is 0 Å². The highest BCUT2D eigenvalue weighted by molar-refractivity contribution is 9.10. The lowest BCUT2D eigenvalue weighted by atomic mass is 9.99. The van der Waals surface area contributed by atoms with Crippen LogP contribution in [0, 0.1) is 5.92 Å². The minimum Gasteiger partial charge on any atom is -0.322 e. The number of fused-ring (bicyclic) bond motifs is 1. The van der Waals surface area contributed by atoms with Crippen molar-refractivity contribution in [3.63, 3.8) is 0 Å². The number of amides is 2. The van der Waals surface area contributed by atoms with Gasteiger partial charge in [0.25, 0.3) is 5.91 Å². The molecule has 0 unspecified atom stereocenters. The SMILES string of the molecule is CC1CCN(CCC(=O)Nc2sc3c(c2C(=O)Nc2ccc(Br)cc2)CCC3)CC1. The third kappa shape index (κ3) is 5.13. The summed E-state index contributed by atoms with van der Waals surface area (Å²) in [5.41, 5.74) is 2.50. The average Bonchev–Trinajstić information content (AvgIpc) is 3.30. The third-order valence-corrected chi connectivity index (χ3v) is 7.77. The van der Waals surface area contributed by atoms with Crippen molar-refractivity contribution in [2.75, 3.05) is 30.3 Å². The van der Waals surface area contributed by atoms with Gasteiger partial charge in [0.05, 0.1) is 5.56 Å². The number of likely N-dealkylation sites (tertiary alicyclic amines) is 1. The number of nitrogens with zero attached hydrogens (tertiary/aromatic N) is 1. The Morgan fingerprint density at radius 3 is 2.60 bits per heavy atom. The molecule has 0 bridgehead atoms. The molecule has 2 aromatic rings. The van der Waals surface area contributed by atoms with Crippen LogP contribution in [0.3, 0.4) is 0 Å². The molecule has 1 aliphatic heterocycles. The van der Waals surface area contributed by atoms with E-state index in [1.165, 1.54) is 17.7 Å². The van der Waals surface area contributed by atoms with Crippen LogP contribution in [0.5, 0.6) is 0 Å². The number of aryl methyl sites for hydroxylation is 1. The van der Waals surface area contributed by atoms with Crippen molar-refractivity contribution < 1.29 is 9.59 Å². The summed E-state index contributed by atoms with van der Waals surface area (Å²) in [6.45, 7) is 5.22. The molecule has 30 heavy (non-hydrogen) atoms. The summed E-state index contributed by atoms with van der Waals surface area (Å²) < 4.78 is 0.966. The molecule has 1 saturated heterocycles. The van der Waals surface area contributed by atoms with Crippen LogP contribution in [0.15, 0.2) is 28.7 Å². The van der Waals surface area contributed by atoms with Crippen molar-refractivity contribution in [2.45, 2.75) is 45.4 Å². The molecule has 1 aliphatic carbocycles. The van der Waals surface area contributed by atoms with Gasteiger partial charge in [-0.25, -0.2) is 0 Å². The first-order valence-corrected chi connectivity index (χ1v) is 12.3. The summed E-state index contributed by atoms with van der Waals surface area (Å²) in [5.74, 6) is 0.638. The summed E-state index contributed by atoms with van der Waals surface area (Å²) in [6, 6.07) is 7.54. The number of carbonyl (C=O) groups is 2. The van der Waals surface area contributed by atoms with Crippen molar-refractivity contribution in [2.24, 2.45) is 5.92 Å². The first kappa shape index (κ1) is 21.5. The monoisotopic (exact) mass is 489 g/mol. The molecule has 2 N–H and O–H groups in total. The Morgan fingerprint density at radius 2 is 1.87 bits per heavy atom. The molecule has 2 amide bonds. The molecule has 7 heteroatoms. The van der Waals surface area contributed by atoms with Crippen molar-refractivity contribution in [3.05, 3.63) is 44.7 Å². The number of carbonyl (C=O) groups excluding carboxylic acids is 2. The fraction of sp³-hybridized carbons (Fsp3) is 0.478. The van der Waals surface area contributed by atoms with Crippen LogP contribution in [0.4, 0.5) is 10.7 Å². The lowest BCUT2D eigenvalue weighted by molar-refractivity contribution is -0.116. The standard InChI is InChI=1S/C23H28BrN3O2S/c1-15-9-12-27(13-10-15)14-11-20(28)26-23-21(18-3-2-4-19(18)30-23)22(29)25-17-7-5-16(24)6-8-17/h5-8,15H,2-4,9-14H2,1H3,(H,25,29)(H,26,28). The molecule has 0 atom stereocenters. The molecule has 4 rings (SSSR count). The van der Waals surface area contributed by atoms with Gasteiger partial charge in [-0.3, -0.25) is 9.59 Å². The second-order valence-corrected chi connectivity index (χ2v) is 10.4. The van der Waals surface area contributed by atoms with E-state index in [1.54, 1.807) is 11.3 Å². The maximum atomic E-state index is 13.1. The molecule has 0 radical (unpaired) electrons. The van der Waals surface area contributed by atoms with Gasteiger partial charge < -0.3 is 15.5 Å². The van der Waals surface area contributed by atoms with Gasteiger partial charge in [0.2, 0.25) is 5.91 Å². The minimum absolute atomic E-state index is 0.00811. The van der Waals surface area contributed by atoms with Crippen LogP contribution in [-0.4, -0.2) is 36.3 Å². The number of rotatable bonds is 6. The smallest absolute Gasteiger partial charge is 0.258 e. The quantitative estimate of drug-likeness (QED) is 0.577. The summed E-state index contributed by atoms with van der Waals surface area (Å²) in [5, 5.41) is 6.74. The second-order valence-electron chi connectivity index (χ2n) is 8.34.